The van der Waals surface area contributed by atoms with Gasteiger partial charge < -0.3 is 4.74 Å². The Kier molecular flexibility index (Phi) is 6.19. The van der Waals surface area contributed by atoms with Gasteiger partial charge in [0, 0.05) is 6.42 Å². The molecule has 0 aromatic rings. The van der Waals surface area contributed by atoms with Gasteiger partial charge >= 0.3 is 5.97 Å². The van der Waals surface area contributed by atoms with Crippen LogP contribution in [0.1, 0.15) is 70.6 Å². The number of allylic oxidation sites excluding steroid dienone is 2. The summed E-state index contributed by atoms with van der Waals surface area (Å²) in [6.45, 7) is 0. The second-order valence-electron chi connectivity index (χ2n) is 5.68. The highest BCUT2D eigenvalue weighted by molar-refractivity contribution is 5.70. The van der Waals surface area contributed by atoms with Gasteiger partial charge in [-0.25, -0.2) is 0 Å². The van der Waals surface area contributed by atoms with E-state index in [1.54, 1.807) is 0 Å². The molecule has 1 aliphatic carbocycles. The Morgan fingerprint density at radius 3 is 2.63 bits per heavy atom. The smallest absolute Gasteiger partial charge is 0.306 e. The molecule has 0 aromatic heterocycles. The van der Waals surface area contributed by atoms with Crippen molar-refractivity contribution in [3.05, 3.63) is 23.8 Å². The van der Waals surface area contributed by atoms with Crippen LogP contribution in [-0.4, -0.2) is 12.1 Å². The molecule has 1 heterocycles. The van der Waals surface area contributed by atoms with Gasteiger partial charge in [-0.2, -0.15) is 0 Å². The van der Waals surface area contributed by atoms with Gasteiger partial charge in [0.1, 0.15) is 6.10 Å². The summed E-state index contributed by atoms with van der Waals surface area (Å²) in [5.41, 5.74) is 1.22. The first-order valence-corrected chi connectivity index (χ1v) is 7.92. The summed E-state index contributed by atoms with van der Waals surface area (Å²) in [7, 11) is 0. The SMILES string of the molecule is O=C1CCCCCCCC/C=C/C2=CCCCC2O1. The molecule has 2 rings (SSSR count). The van der Waals surface area contributed by atoms with Crippen LogP contribution < -0.4 is 0 Å². The predicted molar refractivity (Wildman–Crippen MR) is 77.9 cm³/mol. The fourth-order valence-electron chi connectivity index (χ4n) is 2.85. The lowest BCUT2D eigenvalue weighted by Gasteiger charge is -2.22. The van der Waals surface area contributed by atoms with Crippen LogP contribution in [0.4, 0.5) is 0 Å². The van der Waals surface area contributed by atoms with E-state index in [9.17, 15) is 4.79 Å². The van der Waals surface area contributed by atoms with Crippen molar-refractivity contribution < 1.29 is 9.53 Å². The van der Waals surface area contributed by atoms with Gasteiger partial charge in [0.05, 0.1) is 0 Å². The van der Waals surface area contributed by atoms with E-state index in [2.05, 4.69) is 18.2 Å². The standard InChI is InChI=1S/C17H26O2/c18-17-14-8-6-4-2-1-3-5-7-11-15-12-9-10-13-16(15)19-17/h7,11-12,16H,1-6,8-10,13-14H2/b11-7+. The quantitative estimate of drug-likeness (QED) is 0.591. The number of carbonyl (C=O) groups excluding carboxylic acids is 1. The van der Waals surface area contributed by atoms with E-state index in [-0.39, 0.29) is 12.1 Å². The Morgan fingerprint density at radius 2 is 1.74 bits per heavy atom. The fraction of sp³-hybridized carbons (Fsp3) is 0.706. The molecule has 0 aromatic carbocycles. The summed E-state index contributed by atoms with van der Waals surface area (Å²) in [5, 5.41) is 0. The molecule has 0 spiro atoms. The van der Waals surface area contributed by atoms with Crippen molar-refractivity contribution in [1.29, 1.82) is 0 Å². The maximum Gasteiger partial charge on any atom is 0.306 e. The van der Waals surface area contributed by atoms with E-state index in [0.29, 0.717) is 6.42 Å². The van der Waals surface area contributed by atoms with Crippen molar-refractivity contribution in [3.8, 4) is 0 Å². The first kappa shape index (κ1) is 14.4. The summed E-state index contributed by atoms with van der Waals surface area (Å²) in [4.78, 5) is 11.8. The summed E-state index contributed by atoms with van der Waals surface area (Å²) < 4.78 is 5.64. The fourth-order valence-corrected chi connectivity index (χ4v) is 2.85. The summed E-state index contributed by atoms with van der Waals surface area (Å²) in [6, 6.07) is 0. The van der Waals surface area contributed by atoms with E-state index in [0.717, 1.165) is 38.5 Å². The van der Waals surface area contributed by atoms with E-state index >= 15 is 0 Å². The Morgan fingerprint density at radius 1 is 0.947 bits per heavy atom. The van der Waals surface area contributed by atoms with E-state index in [1.165, 1.54) is 31.3 Å². The van der Waals surface area contributed by atoms with Crippen LogP contribution in [0.3, 0.4) is 0 Å². The Labute approximate surface area is 116 Å². The summed E-state index contributed by atoms with van der Waals surface area (Å²) >= 11 is 0. The van der Waals surface area contributed by atoms with Gasteiger partial charge in [0.15, 0.2) is 0 Å². The van der Waals surface area contributed by atoms with Crippen molar-refractivity contribution in [1.82, 2.24) is 0 Å². The molecule has 106 valence electrons. The minimum absolute atomic E-state index is 0.0109. The van der Waals surface area contributed by atoms with E-state index in [1.807, 2.05) is 0 Å². The lowest BCUT2D eigenvalue weighted by atomic mass is 9.95. The molecule has 0 fully saturated rings. The van der Waals surface area contributed by atoms with Crippen LogP contribution >= 0.6 is 0 Å². The topological polar surface area (TPSA) is 26.3 Å². The minimum atomic E-state index is -0.0109. The number of fused-ring (bicyclic) bond motifs is 1. The van der Waals surface area contributed by atoms with Gasteiger partial charge in [-0.1, -0.05) is 43.9 Å². The third kappa shape index (κ3) is 5.22. The highest BCUT2D eigenvalue weighted by Crippen LogP contribution is 2.24. The molecule has 2 nitrogen and oxygen atoms in total. The van der Waals surface area contributed by atoms with Crippen LogP contribution in [0.15, 0.2) is 23.8 Å². The molecule has 1 unspecified atom stereocenters. The number of carbonyl (C=O) groups is 1. The Hall–Kier alpha value is -1.05. The van der Waals surface area contributed by atoms with Crippen LogP contribution in [-0.2, 0) is 9.53 Å². The Bertz CT molecular complexity index is 341. The number of hydrogen-bond acceptors (Lipinski definition) is 2. The largest absolute Gasteiger partial charge is 0.457 e. The maximum absolute atomic E-state index is 11.8. The molecule has 0 saturated heterocycles. The number of rotatable bonds is 0. The van der Waals surface area contributed by atoms with Crippen molar-refractivity contribution in [2.24, 2.45) is 0 Å². The van der Waals surface area contributed by atoms with Gasteiger partial charge in [-0.3, -0.25) is 4.79 Å². The van der Waals surface area contributed by atoms with Crippen molar-refractivity contribution in [2.75, 3.05) is 0 Å². The molecule has 0 amide bonds. The van der Waals surface area contributed by atoms with Crippen molar-refractivity contribution in [3.63, 3.8) is 0 Å². The minimum Gasteiger partial charge on any atom is -0.457 e. The first-order valence-electron chi connectivity index (χ1n) is 7.92. The highest BCUT2D eigenvalue weighted by Gasteiger charge is 2.19. The molecule has 1 atom stereocenters. The third-order valence-electron chi connectivity index (χ3n) is 4.01. The van der Waals surface area contributed by atoms with Crippen LogP contribution in [0.25, 0.3) is 0 Å². The predicted octanol–water partition coefficient (Wildman–Crippen LogP) is 4.70. The van der Waals surface area contributed by atoms with Crippen LogP contribution in [0.2, 0.25) is 0 Å². The van der Waals surface area contributed by atoms with E-state index in [4.69, 9.17) is 4.74 Å². The van der Waals surface area contributed by atoms with E-state index < -0.39 is 0 Å². The zero-order chi connectivity index (χ0) is 13.3. The van der Waals surface area contributed by atoms with Crippen molar-refractivity contribution in [2.45, 2.75) is 76.7 Å². The van der Waals surface area contributed by atoms with Crippen molar-refractivity contribution >= 4 is 5.97 Å². The highest BCUT2D eigenvalue weighted by atomic mass is 16.5. The molecule has 1 aliphatic heterocycles. The van der Waals surface area contributed by atoms with Gasteiger partial charge in [-0.05, 0) is 44.1 Å². The monoisotopic (exact) mass is 262 g/mol. The van der Waals surface area contributed by atoms with Gasteiger partial charge in [-0.15, -0.1) is 0 Å². The molecule has 2 heteroatoms. The molecule has 0 radical (unpaired) electrons. The number of esters is 1. The molecular weight excluding hydrogens is 236 g/mol. The summed E-state index contributed by atoms with van der Waals surface area (Å²) in [5.74, 6) is -0.0109. The molecule has 0 N–H and O–H groups in total. The maximum atomic E-state index is 11.8. The Balaban J connectivity index is 1.97. The molecule has 0 saturated carbocycles. The molecular formula is C17H26O2. The summed E-state index contributed by atoms with van der Waals surface area (Å²) in [6.07, 6.45) is 19.0. The normalized spacial score (nSPS) is 28.5. The number of ether oxygens (including phenoxy) is 1. The lowest BCUT2D eigenvalue weighted by molar-refractivity contribution is -0.147. The average molecular weight is 262 g/mol. The molecule has 0 bridgehead atoms. The number of hydrogen-bond donors (Lipinski definition) is 0. The molecule has 2 aliphatic rings. The second kappa shape index (κ2) is 8.19. The van der Waals surface area contributed by atoms with Crippen LogP contribution in [0.5, 0.6) is 0 Å². The second-order valence-corrected chi connectivity index (χ2v) is 5.68. The zero-order valence-electron chi connectivity index (χ0n) is 11.9. The zero-order valence-corrected chi connectivity index (χ0v) is 11.9. The van der Waals surface area contributed by atoms with Gasteiger partial charge in [0.2, 0.25) is 0 Å². The lowest BCUT2D eigenvalue weighted by Crippen LogP contribution is -2.22. The first-order chi connectivity index (χ1) is 9.36. The average Bonchev–Trinajstić information content (AvgIpc) is 2.42. The van der Waals surface area contributed by atoms with Crippen LogP contribution in [0, 0.1) is 0 Å². The third-order valence-corrected chi connectivity index (χ3v) is 4.01. The molecule has 19 heavy (non-hydrogen) atoms. The van der Waals surface area contributed by atoms with Gasteiger partial charge in [0.25, 0.3) is 0 Å².